The molecule has 2 heterocycles. The van der Waals surface area contributed by atoms with Gasteiger partial charge in [-0.2, -0.15) is 0 Å². The summed E-state index contributed by atoms with van der Waals surface area (Å²) in [5, 5.41) is 6.50. The molecule has 0 atom stereocenters. The van der Waals surface area contributed by atoms with Crippen LogP contribution in [0.1, 0.15) is 21.7 Å². The molecule has 2 aromatic carbocycles. The van der Waals surface area contributed by atoms with Crippen LogP contribution in [0, 0.1) is 6.92 Å². The molecule has 0 spiro atoms. The molecule has 0 radical (unpaired) electrons. The second kappa shape index (κ2) is 9.23. The zero-order chi connectivity index (χ0) is 21.6. The van der Waals surface area contributed by atoms with Crippen LogP contribution < -0.4 is 10.6 Å². The number of hydrogen-bond acceptors (Lipinski definition) is 5. The molecule has 0 aliphatic rings. The SMILES string of the molecule is Cc1ccc(-c2nc(NC(=O)C=Cc3ccccc3)sc2NC(=O)c2ccco2)cc1. The third kappa shape index (κ3) is 5.15. The van der Waals surface area contributed by atoms with Crippen molar-refractivity contribution >= 4 is 39.4 Å². The average molecular weight is 430 g/mol. The molecule has 0 bridgehead atoms. The van der Waals surface area contributed by atoms with Gasteiger partial charge in [-0.3, -0.25) is 14.9 Å². The summed E-state index contributed by atoms with van der Waals surface area (Å²) in [5.74, 6) is -0.500. The Morgan fingerprint density at radius 2 is 1.74 bits per heavy atom. The Bertz CT molecular complexity index is 1210. The van der Waals surface area contributed by atoms with Crippen LogP contribution in [0.2, 0.25) is 0 Å². The third-order valence-corrected chi connectivity index (χ3v) is 5.27. The van der Waals surface area contributed by atoms with E-state index in [2.05, 4.69) is 15.6 Å². The standard InChI is InChI=1S/C24H19N3O3S/c1-16-9-12-18(13-10-16)21-23(27-22(29)19-8-5-15-30-19)31-24(26-21)25-20(28)14-11-17-6-3-2-4-7-17/h2-15H,1H3,(H,27,29)(H,25,26,28). The lowest BCUT2D eigenvalue weighted by Crippen LogP contribution is -2.10. The van der Waals surface area contributed by atoms with Gasteiger partial charge in [0.05, 0.1) is 6.26 Å². The normalized spacial score (nSPS) is 10.9. The first-order valence-corrected chi connectivity index (χ1v) is 10.4. The van der Waals surface area contributed by atoms with E-state index in [-0.39, 0.29) is 17.6 Å². The number of carbonyl (C=O) groups is 2. The zero-order valence-corrected chi connectivity index (χ0v) is 17.5. The van der Waals surface area contributed by atoms with Gasteiger partial charge in [0, 0.05) is 11.6 Å². The van der Waals surface area contributed by atoms with Crippen LogP contribution in [0.3, 0.4) is 0 Å². The van der Waals surface area contributed by atoms with Crippen molar-refractivity contribution in [1.29, 1.82) is 0 Å². The number of benzene rings is 2. The highest BCUT2D eigenvalue weighted by Crippen LogP contribution is 2.36. The Kier molecular flexibility index (Phi) is 6.05. The summed E-state index contributed by atoms with van der Waals surface area (Å²) in [6.45, 7) is 2.00. The fraction of sp³-hybridized carbons (Fsp3) is 0.0417. The molecule has 6 nitrogen and oxygen atoms in total. The molecular weight excluding hydrogens is 410 g/mol. The van der Waals surface area contributed by atoms with Crippen LogP contribution >= 0.6 is 11.3 Å². The summed E-state index contributed by atoms with van der Waals surface area (Å²) in [6.07, 6.45) is 4.61. The molecule has 7 heteroatoms. The molecule has 0 saturated carbocycles. The summed E-state index contributed by atoms with van der Waals surface area (Å²) >= 11 is 1.18. The molecule has 2 N–H and O–H groups in total. The van der Waals surface area contributed by atoms with Crippen molar-refractivity contribution in [1.82, 2.24) is 4.98 Å². The summed E-state index contributed by atoms with van der Waals surface area (Å²) in [6, 6.07) is 20.5. The largest absolute Gasteiger partial charge is 0.459 e. The number of amides is 2. The van der Waals surface area contributed by atoms with Crippen molar-refractivity contribution in [3.63, 3.8) is 0 Å². The number of aromatic nitrogens is 1. The van der Waals surface area contributed by atoms with Gasteiger partial charge in [0.1, 0.15) is 10.7 Å². The Balaban J connectivity index is 1.58. The number of aryl methyl sites for hydroxylation is 1. The van der Waals surface area contributed by atoms with Crippen molar-refractivity contribution < 1.29 is 14.0 Å². The number of furan rings is 1. The zero-order valence-electron chi connectivity index (χ0n) is 16.7. The van der Waals surface area contributed by atoms with Gasteiger partial charge in [-0.05, 0) is 30.7 Å². The van der Waals surface area contributed by atoms with Crippen LogP contribution in [0.25, 0.3) is 17.3 Å². The van der Waals surface area contributed by atoms with E-state index in [9.17, 15) is 9.59 Å². The Labute approximate surface area is 183 Å². The van der Waals surface area contributed by atoms with E-state index in [0.717, 1.165) is 16.7 Å². The van der Waals surface area contributed by atoms with E-state index in [1.165, 1.54) is 23.7 Å². The highest BCUT2D eigenvalue weighted by Gasteiger charge is 2.18. The van der Waals surface area contributed by atoms with Gasteiger partial charge < -0.3 is 9.73 Å². The smallest absolute Gasteiger partial charge is 0.292 e. The lowest BCUT2D eigenvalue weighted by molar-refractivity contribution is -0.111. The Morgan fingerprint density at radius 1 is 0.968 bits per heavy atom. The highest BCUT2D eigenvalue weighted by atomic mass is 32.1. The van der Waals surface area contributed by atoms with Gasteiger partial charge in [-0.1, -0.05) is 71.5 Å². The van der Waals surface area contributed by atoms with E-state index >= 15 is 0 Å². The van der Waals surface area contributed by atoms with Crippen molar-refractivity contribution in [2.75, 3.05) is 10.6 Å². The lowest BCUT2D eigenvalue weighted by Gasteiger charge is -2.04. The van der Waals surface area contributed by atoms with E-state index < -0.39 is 0 Å². The maximum atomic E-state index is 12.5. The van der Waals surface area contributed by atoms with Gasteiger partial charge in [-0.15, -0.1) is 0 Å². The minimum absolute atomic E-state index is 0.194. The summed E-state index contributed by atoms with van der Waals surface area (Å²) in [7, 11) is 0. The Morgan fingerprint density at radius 3 is 2.45 bits per heavy atom. The first kappa shape index (κ1) is 20.3. The number of thiazole rings is 1. The third-order valence-electron chi connectivity index (χ3n) is 4.38. The van der Waals surface area contributed by atoms with Crippen LogP contribution in [0.5, 0.6) is 0 Å². The summed E-state index contributed by atoms with van der Waals surface area (Å²) in [5.41, 5.74) is 3.44. The monoisotopic (exact) mass is 429 g/mol. The van der Waals surface area contributed by atoms with Crippen LogP contribution in [0.15, 0.2) is 83.5 Å². The topological polar surface area (TPSA) is 84.2 Å². The second-order valence-corrected chi connectivity index (χ2v) is 7.73. The number of hydrogen-bond donors (Lipinski definition) is 2. The molecule has 0 saturated heterocycles. The molecule has 2 aromatic heterocycles. The fourth-order valence-electron chi connectivity index (χ4n) is 2.82. The number of rotatable bonds is 6. The number of nitrogens with zero attached hydrogens (tertiary/aromatic N) is 1. The molecule has 4 rings (SSSR count). The van der Waals surface area contributed by atoms with Gasteiger partial charge >= 0.3 is 0 Å². The quantitative estimate of drug-likeness (QED) is 0.390. The molecule has 2 amide bonds. The second-order valence-electron chi connectivity index (χ2n) is 6.73. The lowest BCUT2D eigenvalue weighted by atomic mass is 10.1. The van der Waals surface area contributed by atoms with Crippen LogP contribution in [-0.4, -0.2) is 16.8 Å². The first-order valence-electron chi connectivity index (χ1n) is 9.55. The minimum atomic E-state index is -0.385. The van der Waals surface area contributed by atoms with Crippen molar-refractivity contribution in [3.8, 4) is 11.3 Å². The predicted octanol–water partition coefficient (Wildman–Crippen LogP) is 5.62. The van der Waals surface area contributed by atoms with Crippen molar-refractivity contribution in [2.45, 2.75) is 6.92 Å². The molecule has 31 heavy (non-hydrogen) atoms. The molecule has 0 aliphatic carbocycles. The Hall–Kier alpha value is -3.97. The maximum Gasteiger partial charge on any atom is 0.292 e. The van der Waals surface area contributed by atoms with Crippen molar-refractivity contribution in [2.24, 2.45) is 0 Å². The average Bonchev–Trinajstić information content (AvgIpc) is 3.44. The van der Waals surface area contributed by atoms with E-state index in [4.69, 9.17) is 4.42 Å². The summed E-state index contributed by atoms with van der Waals surface area (Å²) in [4.78, 5) is 29.4. The van der Waals surface area contributed by atoms with E-state index in [1.54, 1.807) is 18.2 Å². The minimum Gasteiger partial charge on any atom is -0.459 e. The number of anilines is 2. The molecule has 0 unspecified atom stereocenters. The predicted molar refractivity (Wildman–Crippen MR) is 123 cm³/mol. The first-order chi connectivity index (χ1) is 15.1. The van der Waals surface area contributed by atoms with Gasteiger partial charge in [0.15, 0.2) is 10.9 Å². The van der Waals surface area contributed by atoms with Gasteiger partial charge in [0.25, 0.3) is 5.91 Å². The molecule has 4 aromatic rings. The molecule has 0 fully saturated rings. The maximum absolute atomic E-state index is 12.5. The highest BCUT2D eigenvalue weighted by molar-refractivity contribution is 7.20. The van der Waals surface area contributed by atoms with Crippen LogP contribution in [-0.2, 0) is 4.79 Å². The van der Waals surface area contributed by atoms with E-state index in [1.807, 2.05) is 61.5 Å². The number of nitrogens with one attached hydrogen (secondary N) is 2. The van der Waals surface area contributed by atoms with Gasteiger partial charge in [0.2, 0.25) is 5.91 Å². The molecule has 0 aliphatic heterocycles. The summed E-state index contributed by atoms with van der Waals surface area (Å²) < 4.78 is 5.17. The molecular formula is C24H19N3O3S. The fourth-order valence-corrected chi connectivity index (χ4v) is 3.71. The van der Waals surface area contributed by atoms with E-state index in [0.29, 0.717) is 15.8 Å². The molecule has 154 valence electrons. The van der Waals surface area contributed by atoms with Crippen LogP contribution in [0.4, 0.5) is 10.1 Å². The van der Waals surface area contributed by atoms with Crippen molar-refractivity contribution in [3.05, 3.63) is 96.0 Å². The van der Waals surface area contributed by atoms with Gasteiger partial charge in [-0.25, -0.2) is 4.98 Å². The number of carbonyl (C=O) groups excluding carboxylic acids is 2.